The highest BCUT2D eigenvalue weighted by atomic mass is 19.1. The highest BCUT2D eigenvalue weighted by molar-refractivity contribution is 5.99. The summed E-state index contributed by atoms with van der Waals surface area (Å²) >= 11 is 0. The van der Waals surface area contributed by atoms with Gasteiger partial charge in [0.25, 0.3) is 0 Å². The Bertz CT molecular complexity index is 1330. The lowest BCUT2D eigenvalue weighted by atomic mass is 9.96. The van der Waals surface area contributed by atoms with Gasteiger partial charge in [-0.15, -0.1) is 0 Å². The predicted octanol–water partition coefficient (Wildman–Crippen LogP) is 4.81. The number of hydrogen-bond donors (Lipinski definition) is 0. The molecule has 180 valence electrons. The Labute approximate surface area is 201 Å². The van der Waals surface area contributed by atoms with E-state index in [0.29, 0.717) is 42.2 Å². The average molecular weight is 478 g/mol. The van der Waals surface area contributed by atoms with E-state index in [1.165, 1.54) is 18.3 Å². The number of hydrogen-bond acceptors (Lipinski definition) is 6. The molecule has 7 nitrogen and oxygen atoms in total. The molecule has 1 aromatic carbocycles. The van der Waals surface area contributed by atoms with Gasteiger partial charge in [0.05, 0.1) is 36.4 Å². The second kappa shape index (κ2) is 9.50. The standard InChI is InChI=1S/C26H25F2N5O2/c1-32(2)29-13-22-17(15-34)9-24(31-26(22)21-6-3-19(27)11-23(21)28)16-7-8-35-25(10-16)18-12-30-33(14-18)20-4-5-20/h3,6,9-15,20,25H,4-5,7-8H2,1-2H3/b29-13-. The van der Waals surface area contributed by atoms with E-state index in [4.69, 9.17) is 9.72 Å². The topological polar surface area (TPSA) is 72.6 Å². The molecule has 1 saturated carbocycles. The number of pyridine rings is 1. The molecule has 3 aromatic rings. The molecule has 1 aliphatic heterocycles. The molecule has 1 aliphatic carbocycles. The van der Waals surface area contributed by atoms with Crippen LogP contribution in [0.2, 0.25) is 0 Å². The van der Waals surface area contributed by atoms with E-state index < -0.39 is 11.6 Å². The van der Waals surface area contributed by atoms with Crippen LogP contribution in [-0.4, -0.2) is 53.0 Å². The van der Waals surface area contributed by atoms with Crippen LogP contribution in [0.5, 0.6) is 0 Å². The maximum Gasteiger partial charge on any atom is 0.150 e. The number of rotatable bonds is 7. The summed E-state index contributed by atoms with van der Waals surface area (Å²) in [6.45, 7) is 0.466. The fourth-order valence-corrected chi connectivity index (χ4v) is 4.09. The molecule has 0 bridgehead atoms. The molecule has 0 saturated heterocycles. The molecule has 1 unspecified atom stereocenters. The zero-order valence-corrected chi connectivity index (χ0v) is 19.5. The Morgan fingerprint density at radius 1 is 1.23 bits per heavy atom. The minimum atomic E-state index is -0.766. The van der Waals surface area contributed by atoms with Crippen molar-refractivity contribution in [1.82, 2.24) is 19.8 Å². The zero-order valence-electron chi connectivity index (χ0n) is 19.5. The van der Waals surface area contributed by atoms with E-state index in [9.17, 15) is 13.6 Å². The summed E-state index contributed by atoms with van der Waals surface area (Å²) in [5.41, 5.74) is 3.34. The highest BCUT2D eigenvalue weighted by Gasteiger charge is 2.27. The van der Waals surface area contributed by atoms with E-state index in [0.717, 1.165) is 30.0 Å². The maximum absolute atomic E-state index is 14.8. The van der Waals surface area contributed by atoms with Gasteiger partial charge in [0.2, 0.25) is 0 Å². The van der Waals surface area contributed by atoms with Crippen LogP contribution in [0.15, 0.2) is 47.8 Å². The van der Waals surface area contributed by atoms with E-state index in [-0.39, 0.29) is 17.4 Å². The van der Waals surface area contributed by atoms with E-state index in [1.807, 2.05) is 23.2 Å². The molecule has 0 spiro atoms. The number of carbonyl (C=O) groups excluding carboxylic acids is 1. The molecule has 0 radical (unpaired) electrons. The van der Waals surface area contributed by atoms with Gasteiger partial charge in [-0.05, 0) is 49.1 Å². The first-order valence-corrected chi connectivity index (χ1v) is 11.5. The van der Waals surface area contributed by atoms with Crippen LogP contribution < -0.4 is 0 Å². The lowest BCUT2D eigenvalue weighted by molar-refractivity contribution is 0.0826. The van der Waals surface area contributed by atoms with Gasteiger partial charge in [0, 0.05) is 48.6 Å². The van der Waals surface area contributed by atoms with Crippen molar-refractivity contribution in [2.45, 2.75) is 31.4 Å². The van der Waals surface area contributed by atoms with Crippen molar-refractivity contribution in [1.29, 1.82) is 0 Å². The third kappa shape index (κ3) is 4.90. The average Bonchev–Trinajstić information content (AvgIpc) is 3.58. The van der Waals surface area contributed by atoms with Crippen molar-refractivity contribution in [3.63, 3.8) is 0 Å². The monoisotopic (exact) mass is 477 g/mol. The van der Waals surface area contributed by atoms with Crippen LogP contribution in [0.4, 0.5) is 8.78 Å². The Hall–Kier alpha value is -3.72. The van der Waals surface area contributed by atoms with Gasteiger partial charge in [-0.3, -0.25) is 9.48 Å². The molecule has 2 aromatic heterocycles. The van der Waals surface area contributed by atoms with Gasteiger partial charge in [0.15, 0.2) is 6.29 Å². The smallest absolute Gasteiger partial charge is 0.150 e. The summed E-state index contributed by atoms with van der Waals surface area (Å²) in [4.78, 5) is 16.8. The zero-order chi connectivity index (χ0) is 24.5. The van der Waals surface area contributed by atoms with Crippen LogP contribution >= 0.6 is 0 Å². The van der Waals surface area contributed by atoms with Gasteiger partial charge < -0.3 is 9.75 Å². The number of aldehydes is 1. The Morgan fingerprint density at radius 3 is 2.77 bits per heavy atom. The van der Waals surface area contributed by atoms with Gasteiger partial charge in [-0.2, -0.15) is 10.2 Å². The summed E-state index contributed by atoms with van der Waals surface area (Å²) in [6.07, 6.45) is 10.5. The highest BCUT2D eigenvalue weighted by Crippen LogP contribution is 2.37. The van der Waals surface area contributed by atoms with Crippen LogP contribution in [0.1, 0.15) is 58.6 Å². The third-order valence-corrected chi connectivity index (χ3v) is 6.04. The van der Waals surface area contributed by atoms with Gasteiger partial charge in [0.1, 0.15) is 17.7 Å². The number of aromatic nitrogens is 3. The summed E-state index contributed by atoms with van der Waals surface area (Å²) in [6, 6.07) is 5.44. The molecule has 2 aliphatic rings. The molecule has 0 N–H and O–H groups in total. The largest absolute Gasteiger partial charge is 0.369 e. The predicted molar refractivity (Wildman–Crippen MR) is 128 cm³/mol. The Balaban J connectivity index is 1.60. The first-order chi connectivity index (χ1) is 16.9. The second-order valence-electron chi connectivity index (χ2n) is 8.91. The van der Waals surface area contributed by atoms with Crippen molar-refractivity contribution >= 4 is 18.1 Å². The van der Waals surface area contributed by atoms with Crippen LogP contribution in [-0.2, 0) is 4.74 Å². The molecule has 1 fully saturated rings. The van der Waals surface area contributed by atoms with E-state index >= 15 is 0 Å². The molecule has 1 atom stereocenters. The molecule has 0 amide bonds. The summed E-state index contributed by atoms with van der Waals surface area (Å²) in [5.74, 6) is -1.46. The lowest BCUT2D eigenvalue weighted by Gasteiger charge is -2.22. The molecule has 35 heavy (non-hydrogen) atoms. The Kier molecular flexibility index (Phi) is 6.25. The number of benzene rings is 1. The minimum absolute atomic E-state index is 0.0893. The third-order valence-electron chi connectivity index (χ3n) is 6.04. The molecule has 3 heterocycles. The summed E-state index contributed by atoms with van der Waals surface area (Å²) in [7, 11) is 3.46. The summed E-state index contributed by atoms with van der Waals surface area (Å²) < 4.78 is 36.4. The van der Waals surface area contributed by atoms with Gasteiger partial charge in [-0.1, -0.05) is 0 Å². The molecular formula is C26H25F2N5O2. The van der Waals surface area contributed by atoms with Crippen molar-refractivity contribution in [2.75, 3.05) is 20.7 Å². The number of nitrogens with zero attached hydrogens (tertiary/aromatic N) is 5. The minimum Gasteiger partial charge on any atom is -0.369 e. The first-order valence-electron chi connectivity index (χ1n) is 11.5. The maximum atomic E-state index is 14.8. The Morgan fingerprint density at radius 2 is 2.06 bits per heavy atom. The SMILES string of the molecule is CN(C)/N=C\c1c(C=O)cc(C2=CC(c3cnn(C4CC4)c3)OCC2)nc1-c1ccc(F)cc1F. The van der Waals surface area contributed by atoms with Crippen molar-refractivity contribution in [2.24, 2.45) is 5.10 Å². The fraction of sp³-hybridized carbons (Fsp3) is 0.308. The number of halogens is 2. The van der Waals surface area contributed by atoms with E-state index in [2.05, 4.69) is 10.2 Å². The van der Waals surface area contributed by atoms with Crippen LogP contribution in [0.25, 0.3) is 16.8 Å². The van der Waals surface area contributed by atoms with Crippen LogP contribution in [0.3, 0.4) is 0 Å². The molecular weight excluding hydrogens is 452 g/mol. The van der Waals surface area contributed by atoms with E-state index in [1.54, 1.807) is 25.2 Å². The van der Waals surface area contributed by atoms with Crippen LogP contribution in [0, 0.1) is 11.6 Å². The normalized spacial score (nSPS) is 18.1. The lowest BCUT2D eigenvalue weighted by Crippen LogP contribution is -2.12. The second-order valence-corrected chi connectivity index (χ2v) is 8.91. The number of carbonyl (C=O) groups is 1. The van der Waals surface area contributed by atoms with Crippen molar-refractivity contribution in [3.05, 3.63) is 76.8 Å². The molecule has 9 heteroatoms. The van der Waals surface area contributed by atoms with Crippen molar-refractivity contribution < 1.29 is 18.3 Å². The quantitative estimate of drug-likeness (QED) is 0.277. The summed E-state index contributed by atoms with van der Waals surface area (Å²) in [5, 5.41) is 10.2. The van der Waals surface area contributed by atoms with Gasteiger partial charge in [-0.25, -0.2) is 13.8 Å². The number of hydrazone groups is 1. The van der Waals surface area contributed by atoms with Gasteiger partial charge >= 0.3 is 0 Å². The van der Waals surface area contributed by atoms with Crippen molar-refractivity contribution in [3.8, 4) is 11.3 Å². The first kappa shape index (κ1) is 23.0. The fourth-order valence-electron chi connectivity index (χ4n) is 4.09. The molecule has 5 rings (SSSR count). The number of ether oxygens (including phenoxy) is 1.